The van der Waals surface area contributed by atoms with Gasteiger partial charge in [-0.3, -0.25) is 19.3 Å². The van der Waals surface area contributed by atoms with Gasteiger partial charge in [-0.25, -0.2) is 4.79 Å². The first-order valence-electron chi connectivity index (χ1n) is 10.6. The number of carbonyl (C=O) groups excluding carboxylic acids is 4. The average Bonchev–Trinajstić information content (AvgIpc) is 3.38. The van der Waals surface area contributed by atoms with Crippen LogP contribution in [0, 0.1) is 5.92 Å². The molecule has 0 N–H and O–H groups in total. The van der Waals surface area contributed by atoms with Crippen molar-refractivity contribution < 1.29 is 23.9 Å². The van der Waals surface area contributed by atoms with Gasteiger partial charge < -0.3 is 14.5 Å². The molecule has 8 nitrogen and oxygen atoms in total. The van der Waals surface area contributed by atoms with E-state index in [1.165, 1.54) is 9.80 Å². The Morgan fingerprint density at radius 3 is 2.53 bits per heavy atom. The number of hydrogen-bond acceptors (Lipinski definition) is 5. The minimum absolute atomic E-state index is 0.0765. The zero-order valence-corrected chi connectivity index (χ0v) is 17.4. The number of benzene rings is 1. The maximum Gasteiger partial charge on any atom is 0.354 e. The first-order valence-corrected chi connectivity index (χ1v) is 10.6. The molecule has 160 valence electrons. The molecule has 0 unspecified atom stereocenters. The van der Waals surface area contributed by atoms with E-state index < -0.39 is 11.6 Å². The molecule has 0 saturated carbocycles. The van der Waals surface area contributed by atoms with Gasteiger partial charge in [-0.2, -0.15) is 0 Å². The summed E-state index contributed by atoms with van der Waals surface area (Å²) in [5.74, 6) is -1.41. The van der Waals surface area contributed by atoms with Crippen LogP contribution < -0.4 is 4.90 Å². The molecule has 4 rings (SSSR count). The van der Waals surface area contributed by atoms with Crippen LogP contribution in [0.5, 0.6) is 0 Å². The second-order valence-corrected chi connectivity index (χ2v) is 8.54. The van der Waals surface area contributed by atoms with E-state index in [0.717, 1.165) is 12.8 Å². The van der Waals surface area contributed by atoms with Gasteiger partial charge in [0.2, 0.25) is 11.6 Å². The van der Waals surface area contributed by atoms with E-state index in [0.29, 0.717) is 30.9 Å². The fraction of sp³-hybridized carbons (Fsp3) is 0.545. The van der Waals surface area contributed by atoms with Gasteiger partial charge >= 0.3 is 5.97 Å². The molecule has 3 amide bonds. The lowest BCUT2D eigenvalue weighted by atomic mass is 9.95. The van der Waals surface area contributed by atoms with Gasteiger partial charge in [0.15, 0.2) is 6.61 Å². The first-order chi connectivity index (χ1) is 14.4. The highest BCUT2D eigenvalue weighted by molar-refractivity contribution is 6.15. The Labute approximate surface area is 175 Å². The fourth-order valence-electron chi connectivity index (χ4n) is 4.67. The summed E-state index contributed by atoms with van der Waals surface area (Å²) in [7, 11) is 0. The molecule has 0 bridgehead atoms. The summed E-state index contributed by atoms with van der Waals surface area (Å²) in [5, 5.41) is 0. The van der Waals surface area contributed by atoms with Crippen molar-refractivity contribution in [2.45, 2.75) is 45.2 Å². The number of para-hydroxylation sites is 1. The van der Waals surface area contributed by atoms with Gasteiger partial charge in [0.1, 0.15) is 0 Å². The van der Waals surface area contributed by atoms with Crippen molar-refractivity contribution in [3.05, 3.63) is 29.8 Å². The van der Waals surface area contributed by atoms with Crippen molar-refractivity contribution in [3.8, 4) is 0 Å². The predicted molar refractivity (Wildman–Crippen MR) is 109 cm³/mol. The van der Waals surface area contributed by atoms with E-state index in [1.807, 2.05) is 13.8 Å². The monoisotopic (exact) mass is 413 g/mol. The number of hydrogen-bond donors (Lipinski definition) is 0. The SMILES string of the molecule is CC(C)CN1C(=O)c2ccccc2N2C(=O)CC[C@@]12C(=O)OCC(=O)N1CCCC1. The maximum absolute atomic E-state index is 13.4. The topological polar surface area (TPSA) is 87.2 Å². The van der Waals surface area contributed by atoms with Crippen LogP contribution in [-0.4, -0.2) is 65.4 Å². The number of fused-ring (bicyclic) bond motifs is 3. The van der Waals surface area contributed by atoms with Crippen molar-refractivity contribution in [1.82, 2.24) is 9.80 Å². The predicted octanol–water partition coefficient (Wildman–Crippen LogP) is 1.79. The van der Waals surface area contributed by atoms with Crippen molar-refractivity contribution in [2.75, 3.05) is 31.1 Å². The van der Waals surface area contributed by atoms with Crippen molar-refractivity contribution in [3.63, 3.8) is 0 Å². The van der Waals surface area contributed by atoms with Crippen LogP contribution in [-0.2, 0) is 19.1 Å². The molecule has 1 aromatic rings. The molecular weight excluding hydrogens is 386 g/mol. The number of ether oxygens (including phenoxy) is 1. The third-order valence-corrected chi connectivity index (χ3v) is 6.03. The zero-order chi connectivity index (χ0) is 21.5. The molecular formula is C22H27N3O5. The molecule has 3 heterocycles. The third kappa shape index (κ3) is 3.14. The highest BCUT2D eigenvalue weighted by Crippen LogP contribution is 2.45. The largest absolute Gasteiger partial charge is 0.452 e. The summed E-state index contributed by atoms with van der Waals surface area (Å²) in [4.78, 5) is 56.6. The Hall–Kier alpha value is -2.90. The minimum Gasteiger partial charge on any atom is -0.452 e. The Balaban J connectivity index is 1.69. The van der Waals surface area contributed by atoms with Crippen LogP contribution in [0.2, 0.25) is 0 Å². The molecule has 1 aromatic carbocycles. The van der Waals surface area contributed by atoms with Crippen LogP contribution in [0.15, 0.2) is 24.3 Å². The maximum atomic E-state index is 13.4. The standard InChI is InChI=1S/C22H27N3O5/c1-15(2)13-24-20(28)16-7-3-4-8-17(16)25-18(26)9-10-22(24,25)21(29)30-14-19(27)23-11-5-6-12-23/h3-4,7-8,15H,5-6,9-14H2,1-2H3/t22-/m1/s1. The van der Waals surface area contributed by atoms with E-state index in [-0.39, 0.29) is 43.1 Å². The van der Waals surface area contributed by atoms with E-state index >= 15 is 0 Å². The van der Waals surface area contributed by atoms with Gasteiger partial charge in [-0.15, -0.1) is 0 Å². The third-order valence-electron chi connectivity index (χ3n) is 6.03. The number of esters is 1. The molecule has 0 aliphatic carbocycles. The molecule has 30 heavy (non-hydrogen) atoms. The van der Waals surface area contributed by atoms with Crippen LogP contribution in [0.4, 0.5) is 5.69 Å². The molecule has 8 heteroatoms. The van der Waals surface area contributed by atoms with Crippen molar-refractivity contribution >= 4 is 29.4 Å². The number of rotatable bonds is 5. The number of likely N-dealkylation sites (tertiary alicyclic amines) is 1. The molecule has 0 radical (unpaired) electrons. The van der Waals surface area contributed by atoms with Crippen LogP contribution in [0.25, 0.3) is 0 Å². The molecule has 3 aliphatic heterocycles. The number of anilines is 1. The van der Waals surface area contributed by atoms with Gasteiger partial charge in [0.25, 0.3) is 11.8 Å². The highest BCUT2D eigenvalue weighted by atomic mass is 16.5. The zero-order valence-electron chi connectivity index (χ0n) is 17.4. The van der Waals surface area contributed by atoms with Gasteiger partial charge in [0, 0.05) is 32.5 Å². The first kappa shape index (κ1) is 20.4. The number of carbonyl (C=O) groups is 4. The van der Waals surface area contributed by atoms with E-state index in [9.17, 15) is 19.2 Å². The van der Waals surface area contributed by atoms with Crippen molar-refractivity contribution in [2.24, 2.45) is 5.92 Å². The number of nitrogens with zero attached hydrogens (tertiary/aromatic N) is 3. The summed E-state index contributed by atoms with van der Waals surface area (Å²) in [6, 6.07) is 6.83. The summed E-state index contributed by atoms with van der Waals surface area (Å²) in [5.41, 5.74) is -0.726. The molecule has 0 aromatic heterocycles. The second kappa shape index (κ2) is 7.74. The number of amides is 3. The van der Waals surface area contributed by atoms with E-state index in [1.54, 1.807) is 29.2 Å². The van der Waals surface area contributed by atoms with Crippen LogP contribution >= 0.6 is 0 Å². The van der Waals surface area contributed by atoms with Gasteiger partial charge in [-0.1, -0.05) is 26.0 Å². The fourth-order valence-corrected chi connectivity index (χ4v) is 4.67. The molecule has 2 saturated heterocycles. The Morgan fingerprint density at radius 1 is 1.13 bits per heavy atom. The second-order valence-electron chi connectivity index (χ2n) is 8.54. The Morgan fingerprint density at radius 2 is 1.83 bits per heavy atom. The van der Waals surface area contributed by atoms with Crippen LogP contribution in [0.1, 0.15) is 49.9 Å². The van der Waals surface area contributed by atoms with E-state index in [4.69, 9.17) is 4.74 Å². The lowest BCUT2D eigenvalue weighted by Gasteiger charge is -2.48. The quantitative estimate of drug-likeness (QED) is 0.687. The summed E-state index contributed by atoms with van der Waals surface area (Å²) in [6.07, 6.45) is 2.17. The molecule has 2 fully saturated rings. The van der Waals surface area contributed by atoms with E-state index in [2.05, 4.69) is 0 Å². The molecule has 3 aliphatic rings. The normalized spacial score (nSPS) is 23.1. The summed E-state index contributed by atoms with van der Waals surface area (Å²) in [6.45, 7) is 5.14. The van der Waals surface area contributed by atoms with Gasteiger partial charge in [-0.05, 0) is 30.9 Å². The average molecular weight is 413 g/mol. The highest BCUT2D eigenvalue weighted by Gasteiger charge is 2.62. The van der Waals surface area contributed by atoms with Gasteiger partial charge in [0.05, 0.1) is 11.3 Å². The smallest absolute Gasteiger partial charge is 0.354 e. The lowest BCUT2D eigenvalue weighted by Crippen LogP contribution is -2.69. The summed E-state index contributed by atoms with van der Waals surface area (Å²) >= 11 is 0. The Kier molecular flexibility index (Phi) is 5.26. The molecule has 0 spiro atoms. The summed E-state index contributed by atoms with van der Waals surface area (Å²) < 4.78 is 5.47. The Bertz CT molecular complexity index is 893. The molecule has 1 atom stereocenters. The van der Waals surface area contributed by atoms with Crippen LogP contribution in [0.3, 0.4) is 0 Å². The lowest BCUT2D eigenvalue weighted by molar-refractivity contribution is -0.162. The minimum atomic E-state index is -1.54. The van der Waals surface area contributed by atoms with Crippen molar-refractivity contribution in [1.29, 1.82) is 0 Å².